The molecule has 0 atom stereocenters. The zero-order chi connectivity index (χ0) is 25.2. The Morgan fingerprint density at radius 1 is 0.861 bits per heavy atom. The van der Waals surface area contributed by atoms with Gasteiger partial charge >= 0.3 is 0 Å². The van der Waals surface area contributed by atoms with Crippen LogP contribution in [0.1, 0.15) is 53.6 Å². The molecule has 0 amide bonds. The molecule has 0 saturated carbocycles. The Bertz CT molecular complexity index is 1090. The minimum absolute atomic E-state index is 0.832. The molecule has 1 aliphatic heterocycles. The number of aryl methyl sites for hydroxylation is 1. The number of aromatic nitrogens is 1. The van der Waals surface area contributed by atoms with Crippen LogP contribution in [0.15, 0.2) is 60.8 Å². The van der Waals surface area contributed by atoms with E-state index in [9.17, 15) is 0 Å². The first-order valence-electron chi connectivity index (χ1n) is 13.3. The molecule has 36 heavy (non-hydrogen) atoms. The van der Waals surface area contributed by atoms with Crippen molar-refractivity contribution in [3.05, 3.63) is 88.7 Å². The summed E-state index contributed by atoms with van der Waals surface area (Å²) in [5, 5.41) is 0. The molecule has 1 aromatic heterocycles. The van der Waals surface area contributed by atoms with Crippen LogP contribution in [0.3, 0.4) is 0 Å². The van der Waals surface area contributed by atoms with E-state index in [1.165, 1.54) is 47.9 Å². The second-order valence-corrected chi connectivity index (χ2v) is 9.87. The summed E-state index contributed by atoms with van der Waals surface area (Å²) in [5.74, 6) is 1.67. The van der Waals surface area contributed by atoms with Crippen LogP contribution in [0, 0.1) is 6.92 Å². The van der Waals surface area contributed by atoms with Gasteiger partial charge in [0.1, 0.15) is 0 Å². The Morgan fingerprint density at radius 2 is 1.61 bits per heavy atom. The minimum Gasteiger partial charge on any atom is -0.493 e. The Balaban J connectivity index is 1.22. The zero-order valence-corrected chi connectivity index (χ0v) is 22.2. The van der Waals surface area contributed by atoms with Gasteiger partial charge in [-0.2, -0.15) is 0 Å². The average Bonchev–Trinajstić information content (AvgIpc) is 2.91. The fraction of sp³-hybridized carbons (Fsp3) is 0.452. The van der Waals surface area contributed by atoms with Gasteiger partial charge in [-0.25, -0.2) is 0 Å². The van der Waals surface area contributed by atoms with Crippen molar-refractivity contribution in [2.24, 2.45) is 0 Å². The van der Waals surface area contributed by atoms with E-state index < -0.39 is 0 Å². The molecule has 1 aliphatic rings. The molecule has 0 aliphatic carbocycles. The monoisotopic (exact) mass is 487 g/mol. The molecule has 192 valence electrons. The van der Waals surface area contributed by atoms with Crippen molar-refractivity contribution in [2.45, 2.75) is 58.7 Å². The fourth-order valence-electron chi connectivity index (χ4n) is 5.12. The average molecular weight is 488 g/mol. The van der Waals surface area contributed by atoms with E-state index in [0.29, 0.717) is 0 Å². The first kappa shape index (κ1) is 26.2. The van der Waals surface area contributed by atoms with Crippen LogP contribution in [-0.2, 0) is 26.1 Å². The summed E-state index contributed by atoms with van der Waals surface area (Å²) >= 11 is 0. The predicted molar refractivity (Wildman–Crippen MR) is 147 cm³/mol. The number of rotatable bonds is 13. The maximum atomic E-state index is 5.51. The Labute approximate surface area is 217 Å². The van der Waals surface area contributed by atoms with Gasteiger partial charge in [-0.1, -0.05) is 43.2 Å². The molecule has 5 heteroatoms. The topological polar surface area (TPSA) is 37.8 Å². The number of fused-ring (bicyclic) bond motifs is 1. The first-order valence-corrected chi connectivity index (χ1v) is 13.3. The largest absolute Gasteiger partial charge is 0.493 e. The van der Waals surface area contributed by atoms with Crippen molar-refractivity contribution in [2.75, 3.05) is 33.9 Å². The number of benzene rings is 2. The van der Waals surface area contributed by atoms with Crippen LogP contribution in [0.5, 0.6) is 11.5 Å². The van der Waals surface area contributed by atoms with Gasteiger partial charge in [-0.3, -0.25) is 14.8 Å². The summed E-state index contributed by atoms with van der Waals surface area (Å²) in [6, 6.07) is 19.2. The summed E-state index contributed by atoms with van der Waals surface area (Å²) < 4.78 is 11.0. The van der Waals surface area contributed by atoms with Gasteiger partial charge in [-0.05, 0) is 85.8 Å². The summed E-state index contributed by atoms with van der Waals surface area (Å²) in [6.45, 7) is 8.47. The third-order valence-electron chi connectivity index (χ3n) is 7.26. The summed E-state index contributed by atoms with van der Waals surface area (Å²) in [7, 11) is 3.42. The highest BCUT2D eigenvalue weighted by atomic mass is 16.5. The highest BCUT2D eigenvalue weighted by Gasteiger charge is 2.19. The van der Waals surface area contributed by atoms with Crippen molar-refractivity contribution in [3.8, 4) is 11.5 Å². The Hall–Kier alpha value is -2.89. The van der Waals surface area contributed by atoms with E-state index in [1.54, 1.807) is 14.2 Å². The SMILES string of the molecule is COc1cc2c(cc1OC)CN(CCCCCCN(Cc1ccccn1)Cc1ccccc1C)CC2. The lowest BCUT2D eigenvalue weighted by Crippen LogP contribution is -2.31. The van der Waals surface area contributed by atoms with Crippen LogP contribution >= 0.6 is 0 Å². The summed E-state index contributed by atoms with van der Waals surface area (Å²) in [5.41, 5.74) is 6.69. The number of pyridine rings is 1. The van der Waals surface area contributed by atoms with E-state index in [0.717, 1.165) is 62.9 Å². The number of hydrogen-bond donors (Lipinski definition) is 0. The van der Waals surface area contributed by atoms with Crippen molar-refractivity contribution in [1.29, 1.82) is 0 Å². The highest BCUT2D eigenvalue weighted by molar-refractivity contribution is 5.48. The number of hydrogen-bond acceptors (Lipinski definition) is 5. The number of methoxy groups -OCH3 is 2. The smallest absolute Gasteiger partial charge is 0.161 e. The first-order chi connectivity index (χ1) is 17.7. The maximum absolute atomic E-state index is 5.51. The maximum Gasteiger partial charge on any atom is 0.161 e. The molecule has 0 bridgehead atoms. The zero-order valence-electron chi connectivity index (χ0n) is 22.2. The van der Waals surface area contributed by atoms with E-state index in [4.69, 9.17) is 9.47 Å². The molecule has 2 aromatic carbocycles. The molecule has 0 radical (unpaired) electrons. The van der Waals surface area contributed by atoms with Gasteiger partial charge < -0.3 is 9.47 Å². The van der Waals surface area contributed by atoms with Crippen molar-refractivity contribution < 1.29 is 9.47 Å². The van der Waals surface area contributed by atoms with E-state index in [-0.39, 0.29) is 0 Å². The second-order valence-electron chi connectivity index (χ2n) is 9.87. The molecule has 5 nitrogen and oxygen atoms in total. The van der Waals surface area contributed by atoms with Crippen LogP contribution in [0.25, 0.3) is 0 Å². The molecule has 0 spiro atoms. The lowest BCUT2D eigenvalue weighted by molar-refractivity contribution is 0.236. The van der Waals surface area contributed by atoms with Crippen molar-refractivity contribution in [3.63, 3.8) is 0 Å². The van der Waals surface area contributed by atoms with E-state index in [1.807, 2.05) is 12.3 Å². The number of nitrogens with zero attached hydrogens (tertiary/aromatic N) is 3. The summed E-state index contributed by atoms with van der Waals surface area (Å²) in [4.78, 5) is 9.70. The van der Waals surface area contributed by atoms with Gasteiger partial charge in [0.15, 0.2) is 11.5 Å². The Morgan fingerprint density at radius 3 is 2.36 bits per heavy atom. The molecule has 0 fully saturated rings. The lowest BCUT2D eigenvalue weighted by atomic mass is 9.98. The molecule has 2 heterocycles. The van der Waals surface area contributed by atoms with Crippen LogP contribution in [0.2, 0.25) is 0 Å². The number of ether oxygens (including phenoxy) is 2. The van der Waals surface area contributed by atoms with Gasteiger partial charge in [-0.15, -0.1) is 0 Å². The molecular weight excluding hydrogens is 446 g/mol. The molecule has 0 N–H and O–H groups in total. The second kappa shape index (κ2) is 13.4. The van der Waals surface area contributed by atoms with E-state index >= 15 is 0 Å². The molecule has 0 unspecified atom stereocenters. The predicted octanol–water partition coefficient (Wildman–Crippen LogP) is 6.03. The molecule has 3 aromatic rings. The van der Waals surface area contributed by atoms with Gasteiger partial charge in [0.05, 0.1) is 19.9 Å². The van der Waals surface area contributed by atoms with Gasteiger partial charge in [0.2, 0.25) is 0 Å². The van der Waals surface area contributed by atoms with Crippen LogP contribution in [-0.4, -0.2) is 48.6 Å². The van der Waals surface area contributed by atoms with Gasteiger partial charge in [0.25, 0.3) is 0 Å². The summed E-state index contributed by atoms with van der Waals surface area (Å²) in [6.07, 6.45) is 7.99. The molecule has 0 saturated heterocycles. The fourth-order valence-corrected chi connectivity index (χ4v) is 5.12. The third-order valence-corrected chi connectivity index (χ3v) is 7.26. The molecular formula is C31H41N3O2. The minimum atomic E-state index is 0.832. The molecule has 4 rings (SSSR count). The van der Waals surface area contributed by atoms with Crippen LogP contribution in [0.4, 0.5) is 0 Å². The van der Waals surface area contributed by atoms with E-state index in [2.05, 4.69) is 70.2 Å². The quantitative estimate of drug-likeness (QED) is 0.275. The standard InChI is InChI=1S/C31H41N3O2/c1-25-12-6-7-13-27(25)22-34(24-29-14-8-9-16-32-29)18-11-5-4-10-17-33-19-15-26-20-30(35-2)31(36-3)21-28(26)23-33/h6-9,12-14,16,20-21H,4-5,10-11,15,17-19,22-24H2,1-3H3. The van der Waals surface area contributed by atoms with Crippen molar-refractivity contribution >= 4 is 0 Å². The Kier molecular flexibility index (Phi) is 9.76. The lowest BCUT2D eigenvalue weighted by Gasteiger charge is -2.29. The normalized spacial score (nSPS) is 13.6. The number of unbranched alkanes of at least 4 members (excludes halogenated alkanes) is 3. The van der Waals surface area contributed by atoms with Crippen LogP contribution < -0.4 is 9.47 Å². The van der Waals surface area contributed by atoms with Gasteiger partial charge in [0, 0.05) is 32.4 Å². The third kappa shape index (κ3) is 7.31. The highest BCUT2D eigenvalue weighted by Crippen LogP contribution is 2.33. The van der Waals surface area contributed by atoms with Crippen molar-refractivity contribution in [1.82, 2.24) is 14.8 Å².